The Morgan fingerprint density at radius 3 is 2.00 bits per heavy atom. The lowest BCUT2D eigenvalue weighted by molar-refractivity contribution is -0.00342. The van der Waals surface area contributed by atoms with Gasteiger partial charge in [-0.2, -0.15) is 0 Å². The zero-order chi connectivity index (χ0) is 10.3. The molecule has 0 aromatic rings. The minimum absolute atomic E-state index is 0.0356. The predicted octanol–water partition coefficient (Wildman–Crippen LogP) is -1.25. The van der Waals surface area contributed by atoms with Crippen LogP contribution in [0.4, 0.5) is 4.79 Å². The fourth-order valence-corrected chi connectivity index (χ4v) is 0.958. The Labute approximate surface area is 75.8 Å². The first-order valence-corrected chi connectivity index (χ1v) is 3.95. The summed E-state index contributed by atoms with van der Waals surface area (Å²) in [6.07, 6.45) is -1.17. The topological polar surface area (TPSA) is 110 Å². The normalized spacial score (nSPS) is 11.3. The van der Waals surface area contributed by atoms with Crippen molar-refractivity contribution in [3.05, 3.63) is 0 Å². The maximum atomic E-state index is 10.1. The van der Waals surface area contributed by atoms with E-state index in [2.05, 4.69) is 0 Å². The summed E-state index contributed by atoms with van der Waals surface area (Å²) in [6, 6.07) is 0. The smallest absolute Gasteiger partial charge is 0.404 e. The Bertz CT molecular complexity index is 155. The molecule has 0 aliphatic rings. The number of hydrogen-bond acceptors (Lipinski definition) is 4. The summed E-state index contributed by atoms with van der Waals surface area (Å²) >= 11 is 0. The number of hydrogen-bond donors (Lipinski definition) is 5. The largest absolute Gasteiger partial charge is 0.465 e. The maximum Gasteiger partial charge on any atom is 0.404 e. The zero-order valence-corrected chi connectivity index (χ0v) is 7.23. The molecule has 0 aliphatic heterocycles. The van der Waals surface area contributed by atoms with Crippen molar-refractivity contribution >= 4 is 6.09 Å². The van der Waals surface area contributed by atoms with Crippen LogP contribution in [0.15, 0.2) is 0 Å². The summed E-state index contributed by atoms with van der Waals surface area (Å²) in [6.45, 7) is -0.695. The van der Waals surface area contributed by atoms with Crippen molar-refractivity contribution in [1.82, 2.24) is 5.32 Å². The van der Waals surface area contributed by atoms with E-state index in [0.717, 1.165) is 0 Å². The van der Waals surface area contributed by atoms with Gasteiger partial charge in [0, 0.05) is 32.6 Å². The van der Waals surface area contributed by atoms with E-state index < -0.39 is 11.7 Å². The molecular weight excluding hydrogens is 178 g/mol. The number of aliphatic hydroxyl groups excluding tert-OH is 2. The Morgan fingerprint density at radius 1 is 1.23 bits per heavy atom. The molecule has 0 aliphatic carbocycles. The van der Waals surface area contributed by atoms with Crippen LogP contribution in [-0.2, 0) is 0 Å². The van der Waals surface area contributed by atoms with Gasteiger partial charge in [0.15, 0.2) is 0 Å². The van der Waals surface area contributed by atoms with E-state index in [1.54, 1.807) is 0 Å². The molecule has 0 aromatic heterocycles. The summed E-state index contributed by atoms with van der Waals surface area (Å²) in [7, 11) is 0. The van der Waals surface area contributed by atoms with Crippen molar-refractivity contribution < 1.29 is 25.2 Å². The Hall–Kier alpha value is -0.850. The van der Waals surface area contributed by atoms with Crippen LogP contribution in [-0.4, -0.2) is 51.9 Å². The van der Waals surface area contributed by atoms with Crippen molar-refractivity contribution in [2.45, 2.75) is 18.4 Å². The van der Waals surface area contributed by atoms with Crippen LogP contribution < -0.4 is 5.32 Å². The molecule has 1 amide bonds. The molecule has 0 fully saturated rings. The molecule has 0 atom stereocenters. The van der Waals surface area contributed by atoms with Crippen LogP contribution in [0, 0.1) is 0 Å². The molecule has 6 heteroatoms. The monoisotopic (exact) mass is 193 g/mol. The highest BCUT2D eigenvalue weighted by molar-refractivity contribution is 5.64. The number of aliphatic hydroxyl groups is 3. The second-order valence-corrected chi connectivity index (χ2v) is 2.83. The van der Waals surface area contributed by atoms with Crippen molar-refractivity contribution in [2.24, 2.45) is 0 Å². The average molecular weight is 193 g/mol. The van der Waals surface area contributed by atoms with Gasteiger partial charge in [-0.15, -0.1) is 0 Å². The van der Waals surface area contributed by atoms with Crippen molar-refractivity contribution in [2.75, 3.05) is 19.8 Å². The van der Waals surface area contributed by atoms with E-state index in [1.807, 2.05) is 5.32 Å². The minimum Gasteiger partial charge on any atom is -0.465 e. The highest BCUT2D eigenvalue weighted by Crippen LogP contribution is 2.13. The molecule has 6 nitrogen and oxygen atoms in total. The van der Waals surface area contributed by atoms with Crippen molar-refractivity contribution in [1.29, 1.82) is 0 Å². The van der Waals surface area contributed by atoms with E-state index in [9.17, 15) is 9.90 Å². The molecule has 5 N–H and O–H groups in total. The summed E-state index contributed by atoms with van der Waals surface area (Å²) in [4.78, 5) is 10.1. The van der Waals surface area contributed by atoms with E-state index in [4.69, 9.17) is 15.3 Å². The quantitative estimate of drug-likeness (QED) is 0.362. The number of carbonyl (C=O) groups is 1. The number of rotatable bonds is 6. The summed E-state index contributed by atoms with van der Waals surface area (Å²) in [5.41, 5.74) is -1.36. The van der Waals surface area contributed by atoms with Gasteiger partial charge in [0.25, 0.3) is 0 Å². The minimum atomic E-state index is -1.36. The molecular formula is C7H15NO5. The lowest BCUT2D eigenvalue weighted by atomic mass is 9.96. The number of nitrogens with one attached hydrogen (secondary N) is 1. The van der Waals surface area contributed by atoms with E-state index in [-0.39, 0.29) is 32.6 Å². The van der Waals surface area contributed by atoms with E-state index in [0.29, 0.717) is 0 Å². The third kappa shape index (κ3) is 5.40. The highest BCUT2D eigenvalue weighted by atomic mass is 16.4. The third-order valence-electron chi connectivity index (χ3n) is 1.72. The fourth-order valence-electron chi connectivity index (χ4n) is 0.958. The van der Waals surface area contributed by atoms with Gasteiger partial charge in [0.1, 0.15) is 0 Å². The molecule has 78 valence electrons. The highest BCUT2D eigenvalue weighted by Gasteiger charge is 2.26. The molecule has 0 bridgehead atoms. The maximum absolute atomic E-state index is 10.1. The second-order valence-electron chi connectivity index (χ2n) is 2.83. The summed E-state index contributed by atoms with van der Waals surface area (Å²) in [5, 5.41) is 37.0. The second kappa shape index (κ2) is 5.74. The first-order valence-electron chi connectivity index (χ1n) is 3.95. The molecule has 0 radical (unpaired) electrons. The van der Waals surface area contributed by atoms with E-state index in [1.165, 1.54) is 0 Å². The van der Waals surface area contributed by atoms with Gasteiger partial charge in [0.2, 0.25) is 0 Å². The molecule has 0 heterocycles. The van der Waals surface area contributed by atoms with Gasteiger partial charge in [-0.1, -0.05) is 0 Å². The summed E-state index contributed by atoms with van der Waals surface area (Å²) in [5.74, 6) is 0. The number of carboxylic acid groups (broad SMARTS) is 1. The zero-order valence-electron chi connectivity index (χ0n) is 7.23. The molecule has 0 unspecified atom stereocenters. The van der Waals surface area contributed by atoms with Gasteiger partial charge < -0.3 is 25.7 Å². The summed E-state index contributed by atoms with van der Waals surface area (Å²) < 4.78 is 0. The van der Waals surface area contributed by atoms with Gasteiger partial charge in [-0.05, 0) is 0 Å². The Balaban J connectivity index is 3.98. The van der Waals surface area contributed by atoms with Crippen LogP contribution in [0.25, 0.3) is 0 Å². The van der Waals surface area contributed by atoms with E-state index >= 15 is 0 Å². The van der Waals surface area contributed by atoms with Crippen LogP contribution in [0.2, 0.25) is 0 Å². The lowest BCUT2D eigenvalue weighted by Gasteiger charge is -2.26. The van der Waals surface area contributed by atoms with Gasteiger partial charge >= 0.3 is 6.09 Å². The van der Waals surface area contributed by atoms with Crippen LogP contribution >= 0.6 is 0 Å². The van der Waals surface area contributed by atoms with Crippen LogP contribution in [0.5, 0.6) is 0 Å². The first kappa shape index (κ1) is 12.2. The first-order chi connectivity index (χ1) is 6.04. The average Bonchev–Trinajstić information content (AvgIpc) is 2.02. The molecule has 0 aromatic carbocycles. The molecule has 0 saturated heterocycles. The Kier molecular flexibility index (Phi) is 5.36. The molecule has 0 saturated carbocycles. The van der Waals surface area contributed by atoms with Gasteiger partial charge in [-0.3, -0.25) is 0 Å². The van der Waals surface area contributed by atoms with Gasteiger partial charge in [-0.25, -0.2) is 4.79 Å². The molecule has 0 rings (SSSR count). The number of amides is 1. The van der Waals surface area contributed by atoms with Crippen LogP contribution in [0.1, 0.15) is 12.8 Å². The van der Waals surface area contributed by atoms with Gasteiger partial charge in [0.05, 0.1) is 5.60 Å². The fraction of sp³-hybridized carbons (Fsp3) is 0.857. The SMILES string of the molecule is O=C(O)NCC(O)(CCO)CCO. The van der Waals surface area contributed by atoms with Crippen LogP contribution in [0.3, 0.4) is 0 Å². The molecule has 13 heavy (non-hydrogen) atoms. The lowest BCUT2D eigenvalue weighted by Crippen LogP contribution is -2.43. The van der Waals surface area contributed by atoms with Crippen molar-refractivity contribution in [3.63, 3.8) is 0 Å². The van der Waals surface area contributed by atoms with Crippen molar-refractivity contribution in [3.8, 4) is 0 Å². The predicted molar refractivity (Wildman–Crippen MR) is 44.4 cm³/mol. The standard InChI is InChI=1S/C7H15NO5/c9-3-1-7(13,2-4-10)5-8-6(11)12/h8-10,13H,1-5H2,(H,11,12). The molecule has 0 spiro atoms. The third-order valence-corrected chi connectivity index (χ3v) is 1.72. The Morgan fingerprint density at radius 2 is 1.69 bits per heavy atom.